The van der Waals surface area contributed by atoms with Crippen LogP contribution in [-0.2, 0) is 18.9 Å². The van der Waals surface area contributed by atoms with Crippen molar-refractivity contribution in [2.75, 3.05) is 13.7 Å². The van der Waals surface area contributed by atoms with Crippen LogP contribution in [-0.4, -0.2) is 89.3 Å². The molecule has 0 amide bonds. The monoisotopic (exact) mass is 364 g/mol. The molecule has 4 N–H and O–H groups in total. The van der Waals surface area contributed by atoms with Gasteiger partial charge in [0.25, 0.3) is 0 Å². The summed E-state index contributed by atoms with van der Waals surface area (Å²) >= 11 is 0. The molecule has 0 aromatic rings. The van der Waals surface area contributed by atoms with Gasteiger partial charge in [0.15, 0.2) is 6.29 Å². The van der Waals surface area contributed by atoms with E-state index >= 15 is 0 Å². The second-order valence-electron chi connectivity index (χ2n) is 7.40. The second kappa shape index (κ2) is 9.05. The Labute approximate surface area is 148 Å². The van der Waals surface area contributed by atoms with Gasteiger partial charge in [-0.15, -0.1) is 0 Å². The fourth-order valence-electron chi connectivity index (χ4n) is 3.57. The van der Waals surface area contributed by atoms with Crippen molar-refractivity contribution < 1.29 is 39.4 Å². The van der Waals surface area contributed by atoms with Crippen LogP contribution in [0.2, 0.25) is 0 Å². The summed E-state index contributed by atoms with van der Waals surface area (Å²) in [5.74, 6) is 0.498. The first-order valence-corrected chi connectivity index (χ1v) is 8.92. The zero-order valence-electron chi connectivity index (χ0n) is 15.3. The molecule has 0 aromatic carbocycles. The summed E-state index contributed by atoms with van der Waals surface area (Å²) in [6.45, 7) is 5.64. The van der Waals surface area contributed by atoms with E-state index in [-0.39, 0.29) is 18.3 Å². The molecular formula is C17H32O8. The van der Waals surface area contributed by atoms with E-state index in [1.165, 1.54) is 0 Å². The van der Waals surface area contributed by atoms with Gasteiger partial charge in [-0.05, 0) is 19.3 Å². The summed E-state index contributed by atoms with van der Waals surface area (Å²) in [5.41, 5.74) is 0. The highest BCUT2D eigenvalue weighted by Crippen LogP contribution is 2.31. The Morgan fingerprint density at radius 1 is 1.08 bits per heavy atom. The minimum absolute atomic E-state index is 0.0644. The smallest absolute Gasteiger partial charge is 0.187 e. The molecule has 2 aliphatic rings. The van der Waals surface area contributed by atoms with Gasteiger partial charge in [0.05, 0.1) is 24.9 Å². The maximum Gasteiger partial charge on any atom is 0.187 e. The maximum atomic E-state index is 10.1. The highest BCUT2D eigenvalue weighted by molar-refractivity contribution is 4.92. The van der Waals surface area contributed by atoms with E-state index < -0.39 is 43.4 Å². The predicted molar refractivity (Wildman–Crippen MR) is 87.8 cm³/mol. The quantitative estimate of drug-likeness (QED) is 0.494. The van der Waals surface area contributed by atoms with Crippen LogP contribution in [0, 0.1) is 5.92 Å². The zero-order valence-corrected chi connectivity index (χ0v) is 15.3. The Morgan fingerprint density at radius 2 is 1.76 bits per heavy atom. The molecule has 148 valence electrons. The fourth-order valence-corrected chi connectivity index (χ4v) is 3.57. The third-order valence-corrected chi connectivity index (χ3v) is 4.91. The van der Waals surface area contributed by atoms with Crippen molar-refractivity contribution in [3.8, 4) is 0 Å². The van der Waals surface area contributed by atoms with Crippen LogP contribution in [0.25, 0.3) is 0 Å². The van der Waals surface area contributed by atoms with E-state index in [0.717, 1.165) is 6.42 Å². The minimum Gasteiger partial charge on any atom is -0.394 e. The minimum atomic E-state index is -1.47. The average molecular weight is 364 g/mol. The number of ether oxygens (including phenoxy) is 4. The molecular weight excluding hydrogens is 332 g/mol. The lowest BCUT2D eigenvalue weighted by Crippen LogP contribution is -2.61. The number of methoxy groups -OCH3 is 1. The van der Waals surface area contributed by atoms with Gasteiger partial charge in [-0.2, -0.15) is 0 Å². The number of hydrogen-bond donors (Lipinski definition) is 4. The van der Waals surface area contributed by atoms with Gasteiger partial charge in [0.2, 0.25) is 0 Å². The third-order valence-electron chi connectivity index (χ3n) is 4.91. The fraction of sp³-hybridized carbons (Fsp3) is 1.00. The molecule has 2 rings (SSSR count). The van der Waals surface area contributed by atoms with E-state index in [9.17, 15) is 20.4 Å². The molecule has 2 saturated heterocycles. The molecule has 9 atom stereocenters. The molecule has 0 aliphatic carbocycles. The van der Waals surface area contributed by atoms with E-state index in [4.69, 9.17) is 18.9 Å². The van der Waals surface area contributed by atoms with Crippen LogP contribution >= 0.6 is 0 Å². The number of rotatable bonds is 6. The largest absolute Gasteiger partial charge is 0.394 e. The van der Waals surface area contributed by atoms with Gasteiger partial charge >= 0.3 is 0 Å². The van der Waals surface area contributed by atoms with Gasteiger partial charge in [0.1, 0.15) is 30.5 Å². The molecule has 2 aliphatic heterocycles. The summed E-state index contributed by atoms with van der Waals surface area (Å²) < 4.78 is 22.9. The van der Waals surface area contributed by atoms with Crippen molar-refractivity contribution in [3.63, 3.8) is 0 Å². The topological polar surface area (TPSA) is 118 Å². The standard InChI is InChI=1S/C17H32O8/c1-8(2)5-10-6-11(22-4)16(9(3)23-10)25-17-15(21)14(20)13(19)12(7-18)24-17/h8-21H,5-7H2,1-4H3. The van der Waals surface area contributed by atoms with Crippen LogP contribution in [0.1, 0.15) is 33.6 Å². The lowest BCUT2D eigenvalue weighted by atomic mass is 9.93. The average Bonchev–Trinajstić information content (AvgIpc) is 2.56. The van der Waals surface area contributed by atoms with Gasteiger partial charge < -0.3 is 39.4 Å². The lowest BCUT2D eigenvalue weighted by Gasteiger charge is -2.45. The van der Waals surface area contributed by atoms with Crippen molar-refractivity contribution >= 4 is 0 Å². The lowest BCUT2D eigenvalue weighted by molar-refractivity contribution is -0.333. The van der Waals surface area contributed by atoms with Gasteiger partial charge in [-0.25, -0.2) is 0 Å². The Kier molecular flexibility index (Phi) is 7.60. The van der Waals surface area contributed by atoms with Crippen molar-refractivity contribution in [1.29, 1.82) is 0 Å². The van der Waals surface area contributed by atoms with E-state index in [1.807, 2.05) is 6.92 Å². The molecule has 0 radical (unpaired) electrons. The molecule has 0 aromatic heterocycles. The molecule has 0 spiro atoms. The van der Waals surface area contributed by atoms with Crippen LogP contribution in [0.3, 0.4) is 0 Å². The van der Waals surface area contributed by atoms with Crippen molar-refractivity contribution in [1.82, 2.24) is 0 Å². The molecule has 2 fully saturated rings. The summed E-state index contributed by atoms with van der Waals surface area (Å²) in [5, 5.41) is 39.2. The van der Waals surface area contributed by atoms with E-state index in [0.29, 0.717) is 12.3 Å². The van der Waals surface area contributed by atoms with Gasteiger partial charge in [-0.3, -0.25) is 0 Å². The molecule has 8 heteroatoms. The predicted octanol–water partition coefficient (Wildman–Crippen LogP) is -0.590. The first-order chi connectivity index (χ1) is 11.8. The summed E-state index contributed by atoms with van der Waals surface area (Å²) in [6, 6.07) is 0. The Morgan fingerprint density at radius 3 is 2.32 bits per heavy atom. The number of hydrogen-bond acceptors (Lipinski definition) is 8. The zero-order chi connectivity index (χ0) is 18.7. The number of aliphatic hydroxyl groups excluding tert-OH is 4. The third kappa shape index (κ3) is 4.90. The summed E-state index contributed by atoms with van der Waals surface area (Å²) in [4.78, 5) is 0. The van der Waals surface area contributed by atoms with Crippen LogP contribution in [0.5, 0.6) is 0 Å². The maximum absolute atomic E-state index is 10.1. The number of aliphatic hydroxyl groups is 4. The molecule has 0 saturated carbocycles. The molecule has 2 heterocycles. The van der Waals surface area contributed by atoms with Crippen LogP contribution < -0.4 is 0 Å². The van der Waals surface area contributed by atoms with Gasteiger partial charge in [-0.1, -0.05) is 13.8 Å². The van der Waals surface area contributed by atoms with E-state index in [1.54, 1.807) is 7.11 Å². The normalized spacial score (nSPS) is 45.7. The first-order valence-electron chi connectivity index (χ1n) is 8.92. The highest BCUT2D eigenvalue weighted by Gasteiger charge is 2.47. The van der Waals surface area contributed by atoms with Crippen molar-refractivity contribution in [3.05, 3.63) is 0 Å². The highest BCUT2D eigenvalue weighted by atomic mass is 16.7. The van der Waals surface area contributed by atoms with Crippen molar-refractivity contribution in [2.45, 2.75) is 88.7 Å². The van der Waals surface area contributed by atoms with Crippen molar-refractivity contribution in [2.24, 2.45) is 5.92 Å². The molecule has 8 nitrogen and oxygen atoms in total. The van der Waals surface area contributed by atoms with Crippen LogP contribution in [0.15, 0.2) is 0 Å². The molecule has 0 bridgehead atoms. The van der Waals surface area contributed by atoms with Gasteiger partial charge in [0, 0.05) is 13.5 Å². The van der Waals surface area contributed by atoms with E-state index in [2.05, 4.69) is 13.8 Å². The summed E-state index contributed by atoms with van der Waals surface area (Å²) in [7, 11) is 1.60. The Hall–Kier alpha value is -0.320. The van der Waals surface area contributed by atoms with Crippen LogP contribution in [0.4, 0.5) is 0 Å². The Balaban J connectivity index is 2.04. The second-order valence-corrected chi connectivity index (χ2v) is 7.40. The summed E-state index contributed by atoms with van der Waals surface area (Å²) in [6.07, 6.45) is -5.92. The first kappa shape index (κ1) is 21.0. The Bertz CT molecular complexity index is 404. The molecule has 9 unspecified atom stereocenters. The molecule has 25 heavy (non-hydrogen) atoms. The SMILES string of the molecule is COC1CC(CC(C)C)OC(C)C1OC1OC(CO)C(O)C(O)C1O.